The van der Waals surface area contributed by atoms with Gasteiger partial charge in [0.1, 0.15) is 17.2 Å². The molecule has 0 unspecified atom stereocenters. The Bertz CT molecular complexity index is 612. The Morgan fingerprint density at radius 3 is 2.16 bits per heavy atom. The van der Waals surface area contributed by atoms with E-state index in [0.717, 1.165) is 0 Å². The fraction of sp³-hybridized carbons (Fsp3) is 0.231. The highest BCUT2D eigenvalue weighted by Crippen LogP contribution is 2.40. The van der Waals surface area contributed by atoms with E-state index < -0.39 is 5.69 Å². The van der Waals surface area contributed by atoms with Crippen LogP contribution in [0, 0.1) is 0 Å². The number of nitrogens with one attached hydrogen (secondary N) is 1. The lowest BCUT2D eigenvalue weighted by Gasteiger charge is -2.14. The predicted octanol–water partition coefficient (Wildman–Crippen LogP) is 1.46. The SMILES string of the molecule is COc1cc(OC)c(-c2ccnc(=O)[nH]2)c(OC)c1. The molecule has 0 amide bonds. The quantitative estimate of drug-likeness (QED) is 0.903. The lowest BCUT2D eigenvalue weighted by molar-refractivity contribution is 0.377. The number of aromatic amines is 1. The molecule has 0 spiro atoms. The van der Waals surface area contributed by atoms with E-state index in [2.05, 4.69) is 9.97 Å². The Kier molecular flexibility index (Phi) is 3.70. The molecule has 0 saturated carbocycles. The molecule has 2 rings (SSSR count). The fourth-order valence-electron chi connectivity index (χ4n) is 1.79. The first-order valence-electron chi connectivity index (χ1n) is 5.55. The Morgan fingerprint density at radius 2 is 1.68 bits per heavy atom. The van der Waals surface area contributed by atoms with Crippen LogP contribution in [-0.4, -0.2) is 31.3 Å². The molecule has 0 fully saturated rings. The van der Waals surface area contributed by atoms with Gasteiger partial charge in [0.15, 0.2) is 0 Å². The smallest absolute Gasteiger partial charge is 0.345 e. The number of nitrogens with zero attached hydrogens (tertiary/aromatic N) is 1. The lowest BCUT2D eigenvalue weighted by atomic mass is 10.1. The molecule has 6 nitrogen and oxygen atoms in total. The van der Waals surface area contributed by atoms with Gasteiger partial charge in [-0.3, -0.25) is 0 Å². The molecule has 1 aromatic carbocycles. The second-order valence-electron chi connectivity index (χ2n) is 3.70. The van der Waals surface area contributed by atoms with Crippen molar-refractivity contribution in [2.45, 2.75) is 0 Å². The molecule has 1 heterocycles. The first kappa shape index (κ1) is 12.9. The minimum atomic E-state index is -0.433. The monoisotopic (exact) mass is 262 g/mol. The zero-order valence-electron chi connectivity index (χ0n) is 10.9. The van der Waals surface area contributed by atoms with E-state index in [0.29, 0.717) is 28.5 Å². The molecule has 0 aliphatic carbocycles. The molecule has 6 heteroatoms. The largest absolute Gasteiger partial charge is 0.496 e. The van der Waals surface area contributed by atoms with E-state index in [4.69, 9.17) is 14.2 Å². The minimum Gasteiger partial charge on any atom is -0.496 e. The second-order valence-corrected chi connectivity index (χ2v) is 3.70. The first-order chi connectivity index (χ1) is 9.19. The second kappa shape index (κ2) is 5.43. The fourth-order valence-corrected chi connectivity index (χ4v) is 1.79. The Labute approximate surface area is 110 Å². The third kappa shape index (κ3) is 2.52. The Hall–Kier alpha value is -2.50. The van der Waals surface area contributed by atoms with Crippen molar-refractivity contribution >= 4 is 0 Å². The van der Waals surface area contributed by atoms with E-state index in [1.54, 1.807) is 25.3 Å². The maximum atomic E-state index is 11.3. The highest BCUT2D eigenvalue weighted by Gasteiger charge is 2.15. The van der Waals surface area contributed by atoms with Gasteiger partial charge >= 0.3 is 5.69 Å². The summed E-state index contributed by atoms with van der Waals surface area (Å²) in [5.41, 5.74) is 0.777. The van der Waals surface area contributed by atoms with Crippen molar-refractivity contribution < 1.29 is 14.2 Å². The van der Waals surface area contributed by atoms with Crippen LogP contribution in [0.1, 0.15) is 0 Å². The van der Waals surface area contributed by atoms with E-state index >= 15 is 0 Å². The highest BCUT2D eigenvalue weighted by molar-refractivity contribution is 5.75. The van der Waals surface area contributed by atoms with Crippen molar-refractivity contribution in [1.29, 1.82) is 0 Å². The van der Waals surface area contributed by atoms with Crippen LogP contribution in [0.15, 0.2) is 29.2 Å². The van der Waals surface area contributed by atoms with Crippen LogP contribution in [-0.2, 0) is 0 Å². The number of aromatic nitrogens is 2. The minimum absolute atomic E-state index is 0.433. The van der Waals surface area contributed by atoms with Gasteiger partial charge in [0.25, 0.3) is 0 Å². The number of hydrogen-bond acceptors (Lipinski definition) is 5. The molecule has 2 aromatic rings. The summed E-state index contributed by atoms with van der Waals surface area (Å²) in [5.74, 6) is 1.69. The van der Waals surface area contributed by atoms with E-state index in [1.807, 2.05) is 0 Å². The van der Waals surface area contributed by atoms with Crippen molar-refractivity contribution in [3.05, 3.63) is 34.9 Å². The van der Waals surface area contributed by atoms with Crippen molar-refractivity contribution in [2.24, 2.45) is 0 Å². The van der Waals surface area contributed by atoms with Crippen LogP contribution in [0.3, 0.4) is 0 Å². The number of benzene rings is 1. The summed E-state index contributed by atoms with van der Waals surface area (Å²) in [7, 11) is 4.64. The number of H-pyrrole nitrogens is 1. The van der Waals surface area contributed by atoms with Gasteiger partial charge in [-0.2, -0.15) is 0 Å². The average Bonchev–Trinajstić information content (AvgIpc) is 2.45. The van der Waals surface area contributed by atoms with Crippen LogP contribution in [0.5, 0.6) is 17.2 Å². The molecule has 0 aliphatic rings. The van der Waals surface area contributed by atoms with Gasteiger partial charge in [0.2, 0.25) is 0 Å². The molecule has 0 bridgehead atoms. The van der Waals surface area contributed by atoms with Gasteiger partial charge in [-0.15, -0.1) is 0 Å². The maximum absolute atomic E-state index is 11.3. The topological polar surface area (TPSA) is 73.4 Å². The third-order valence-electron chi connectivity index (χ3n) is 2.66. The number of hydrogen-bond donors (Lipinski definition) is 1. The Morgan fingerprint density at radius 1 is 1.05 bits per heavy atom. The molecule has 0 atom stereocenters. The van der Waals surface area contributed by atoms with Gasteiger partial charge < -0.3 is 19.2 Å². The first-order valence-corrected chi connectivity index (χ1v) is 5.55. The van der Waals surface area contributed by atoms with Crippen molar-refractivity contribution in [3.8, 4) is 28.5 Å². The summed E-state index contributed by atoms with van der Waals surface area (Å²) in [5, 5.41) is 0. The van der Waals surface area contributed by atoms with Crippen LogP contribution in [0.2, 0.25) is 0 Å². The van der Waals surface area contributed by atoms with Crippen LogP contribution in [0.25, 0.3) is 11.3 Å². The lowest BCUT2D eigenvalue weighted by Crippen LogP contribution is -2.10. The van der Waals surface area contributed by atoms with Gasteiger partial charge in [0.05, 0.1) is 32.6 Å². The van der Waals surface area contributed by atoms with Crippen LogP contribution < -0.4 is 19.9 Å². The van der Waals surface area contributed by atoms with Crippen LogP contribution >= 0.6 is 0 Å². The van der Waals surface area contributed by atoms with Crippen molar-refractivity contribution in [3.63, 3.8) is 0 Å². The molecule has 1 aromatic heterocycles. The van der Waals surface area contributed by atoms with Gasteiger partial charge in [-0.05, 0) is 6.07 Å². The van der Waals surface area contributed by atoms with Gasteiger partial charge in [-0.1, -0.05) is 0 Å². The molecular weight excluding hydrogens is 248 g/mol. The maximum Gasteiger partial charge on any atom is 0.345 e. The summed E-state index contributed by atoms with van der Waals surface area (Å²) >= 11 is 0. The summed E-state index contributed by atoms with van der Waals surface area (Å²) in [6.45, 7) is 0. The zero-order valence-corrected chi connectivity index (χ0v) is 10.9. The van der Waals surface area contributed by atoms with E-state index in [-0.39, 0.29) is 0 Å². The molecule has 100 valence electrons. The molecule has 19 heavy (non-hydrogen) atoms. The molecule has 1 N–H and O–H groups in total. The van der Waals surface area contributed by atoms with E-state index in [1.165, 1.54) is 20.4 Å². The van der Waals surface area contributed by atoms with Crippen molar-refractivity contribution in [2.75, 3.05) is 21.3 Å². The standard InChI is InChI=1S/C13H14N2O4/c1-17-8-6-10(18-2)12(11(7-8)19-3)9-4-5-14-13(16)15-9/h4-7H,1-3H3,(H,14,15,16). The third-order valence-corrected chi connectivity index (χ3v) is 2.66. The molecular formula is C13H14N2O4. The highest BCUT2D eigenvalue weighted by atomic mass is 16.5. The molecule has 0 radical (unpaired) electrons. The summed E-state index contributed by atoms with van der Waals surface area (Å²) in [6.07, 6.45) is 1.43. The van der Waals surface area contributed by atoms with E-state index in [9.17, 15) is 4.79 Å². The molecule has 0 saturated heterocycles. The predicted molar refractivity (Wildman–Crippen MR) is 69.9 cm³/mol. The number of rotatable bonds is 4. The number of ether oxygens (including phenoxy) is 3. The zero-order chi connectivity index (χ0) is 13.8. The Balaban J connectivity index is 2.70. The van der Waals surface area contributed by atoms with Crippen LogP contribution in [0.4, 0.5) is 0 Å². The normalized spacial score (nSPS) is 10.1. The van der Waals surface area contributed by atoms with Crippen molar-refractivity contribution in [1.82, 2.24) is 9.97 Å². The average molecular weight is 262 g/mol. The summed E-state index contributed by atoms with van der Waals surface area (Å²) in [4.78, 5) is 17.5. The summed E-state index contributed by atoms with van der Waals surface area (Å²) < 4.78 is 15.8. The number of methoxy groups -OCH3 is 3. The summed E-state index contributed by atoms with van der Waals surface area (Å²) in [6, 6.07) is 5.11. The molecule has 0 aliphatic heterocycles. The van der Waals surface area contributed by atoms with Gasteiger partial charge in [-0.25, -0.2) is 9.78 Å². The van der Waals surface area contributed by atoms with Gasteiger partial charge in [0, 0.05) is 18.3 Å².